The molecule has 0 radical (unpaired) electrons. The van der Waals surface area contributed by atoms with Gasteiger partial charge in [-0.05, 0) is 42.2 Å². The Bertz CT molecular complexity index is 1450. The maximum Gasteiger partial charge on any atom is 0.330 e. The molecule has 164 valence electrons. The van der Waals surface area contributed by atoms with Crippen molar-refractivity contribution in [3.63, 3.8) is 0 Å². The number of rotatable bonds is 5. The summed E-state index contributed by atoms with van der Waals surface area (Å²) in [5.74, 6) is -0.294. The first kappa shape index (κ1) is 21.4. The van der Waals surface area contributed by atoms with Crippen LogP contribution in [0.4, 0.5) is 5.69 Å². The molecule has 0 atom stereocenters. The van der Waals surface area contributed by atoms with Crippen LogP contribution in [0.25, 0.3) is 21.9 Å². The maximum atomic E-state index is 13.3. The van der Waals surface area contributed by atoms with E-state index in [1.165, 1.54) is 4.57 Å². The molecule has 0 fully saturated rings. The summed E-state index contributed by atoms with van der Waals surface area (Å²) in [6.07, 6.45) is 1.71. The van der Waals surface area contributed by atoms with Gasteiger partial charge in [-0.25, -0.2) is 9.78 Å². The first-order valence-corrected chi connectivity index (χ1v) is 10.6. The molecule has 0 spiro atoms. The lowest BCUT2D eigenvalue weighted by molar-refractivity contribution is 0.102. The summed E-state index contributed by atoms with van der Waals surface area (Å²) >= 11 is 0. The number of aromatic nitrogens is 4. The van der Waals surface area contributed by atoms with Crippen molar-refractivity contribution in [1.29, 1.82) is 0 Å². The number of carbonyl (C=O) groups is 1. The van der Waals surface area contributed by atoms with E-state index in [1.807, 2.05) is 52.0 Å². The van der Waals surface area contributed by atoms with E-state index in [-0.39, 0.29) is 28.4 Å². The molecular weight excluding hydrogens is 406 g/mol. The molecule has 0 aliphatic carbocycles. The van der Waals surface area contributed by atoms with Crippen molar-refractivity contribution < 1.29 is 4.79 Å². The van der Waals surface area contributed by atoms with Crippen LogP contribution in [0.2, 0.25) is 0 Å². The molecule has 4 aromatic rings. The van der Waals surface area contributed by atoms with Crippen molar-refractivity contribution >= 4 is 33.5 Å². The van der Waals surface area contributed by atoms with Gasteiger partial charge in [0.2, 0.25) is 0 Å². The van der Waals surface area contributed by atoms with Crippen molar-refractivity contribution in [3.8, 4) is 0 Å². The van der Waals surface area contributed by atoms with E-state index in [2.05, 4.69) is 20.3 Å². The predicted molar refractivity (Wildman–Crippen MR) is 125 cm³/mol. The first-order chi connectivity index (χ1) is 15.2. The van der Waals surface area contributed by atoms with Crippen molar-refractivity contribution in [1.82, 2.24) is 19.5 Å². The van der Waals surface area contributed by atoms with E-state index in [9.17, 15) is 14.4 Å². The zero-order valence-corrected chi connectivity index (χ0v) is 18.5. The number of hydrogen-bond donors (Lipinski definition) is 2. The van der Waals surface area contributed by atoms with Gasteiger partial charge in [-0.3, -0.25) is 24.1 Å². The number of amides is 1. The highest BCUT2D eigenvalue weighted by molar-refractivity contribution is 6.12. The summed E-state index contributed by atoms with van der Waals surface area (Å²) in [4.78, 5) is 49.8. The molecule has 3 heterocycles. The van der Waals surface area contributed by atoms with Gasteiger partial charge in [-0.1, -0.05) is 33.8 Å². The highest BCUT2D eigenvalue weighted by Gasteiger charge is 2.21. The van der Waals surface area contributed by atoms with Gasteiger partial charge >= 0.3 is 5.69 Å². The Kier molecular flexibility index (Phi) is 5.61. The van der Waals surface area contributed by atoms with Gasteiger partial charge in [0.05, 0.1) is 16.5 Å². The number of nitrogens with one attached hydrogen (secondary N) is 2. The molecule has 1 amide bonds. The smallest absolute Gasteiger partial charge is 0.322 e. The average molecular weight is 431 g/mol. The minimum Gasteiger partial charge on any atom is -0.322 e. The highest BCUT2D eigenvalue weighted by Crippen LogP contribution is 2.22. The molecule has 32 heavy (non-hydrogen) atoms. The third-order valence-electron chi connectivity index (χ3n) is 5.21. The second-order valence-electron chi connectivity index (χ2n) is 8.58. The van der Waals surface area contributed by atoms with Gasteiger partial charge in [-0.15, -0.1) is 0 Å². The fourth-order valence-corrected chi connectivity index (χ4v) is 3.65. The maximum absolute atomic E-state index is 13.3. The summed E-state index contributed by atoms with van der Waals surface area (Å²) < 4.78 is 1.44. The summed E-state index contributed by atoms with van der Waals surface area (Å²) in [7, 11) is 0. The van der Waals surface area contributed by atoms with Crippen LogP contribution in [0.3, 0.4) is 0 Å². The van der Waals surface area contributed by atoms with Crippen LogP contribution >= 0.6 is 0 Å². The predicted octanol–water partition coefficient (Wildman–Crippen LogP) is 3.66. The molecule has 0 unspecified atom stereocenters. The fraction of sp³-hybridized carbons (Fsp3) is 0.292. The molecule has 8 heteroatoms. The highest BCUT2D eigenvalue weighted by atomic mass is 16.2. The van der Waals surface area contributed by atoms with Crippen LogP contribution in [0.15, 0.2) is 52.2 Å². The Labute approximate surface area is 184 Å². The van der Waals surface area contributed by atoms with Gasteiger partial charge in [0.25, 0.3) is 11.5 Å². The zero-order valence-electron chi connectivity index (χ0n) is 18.5. The lowest BCUT2D eigenvalue weighted by Gasteiger charge is -2.16. The second kappa shape index (κ2) is 8.37. The summed E-state index contributed by atoms with van der Waals surface area (Å²) in [6.45, 7) is 8.21. The monoisotopic (exact) mass is 431 g/mol. The topological polar surface area (TPSA) is 110 Å². The summed E-state index contributed by atoms with van der Waals surface area (Å²) in [6, 6.07) is 10.8. The quantitative estimate of drug-likeness (QED) is 0.501. The number of aromatic amines is 1. The van der Waals surface area contributed by atoms with Gasteiger partial charge in [0.15, 0.2) is 5.65 Å². The molecule has 2 N–H and O–H groups in total. The zero-order chi connectivity index (χ0) is 23.0. The van der Waals surface area contributed by atoms with Crippen LogP contribution in [-0.4, -0.2) is 25.4 Å². The van der Waals surface area contributed by atoms with Crippen LogP contribution in [-0.2, 0) is 6.54 Å². The number of H-pyrrole nitrogens is 1. The number of anilines is 1. The van der Waals surface area contributed by atoms with E-state index in [4.69, 9.17) is 0 Å². The molecule has 0 bridgehead atoms. The Morgan fingerprint density at radius 2 is 1.91 bits per heavy atom. The van der Waals surface area contributed by atoms with E-state index >= 15 is 0 Å². The van der Waals surface area contributed by atoms with Gasteiger partial charge < -0.3 is 5.32 Å². The van der Waals surface area contributed by atoms with Crippen LogP contribution in [0.5, 0.6) is 0 Å². The molecule has 0 saturated carbocycles. The first-order valence-electron chi connectivity index (χ1n) is 10.6. The number of nitrogens with zero attached hydrogens (tertiary/aromatic N) is 3. The van der Waals surface area contributed by atoms with Crippen molar-refractivity contribution in [2.75, 3.05) is 5.32 Å². The minimum atomic E-state index is -0.624. The van der Waals surface area contributed by atoms with Gasteiger partial charge in [0, 0.05) is 29.5 Å². The molecule has 0 aliphatic heterocycles. The fourth-order valence-electron chi connectivity index (χ4n) is 3.65. The molecular formula is C24H25N5O3. The van der Waals surface area contributed by atoms with E-state index in [0.29, 0.717) is 17.9 Å². The third kappa shape index (κ3) is 4.03. The Morgan fingerprint density at radius 1 is 1.12 bits per heavy atom. The van der Waals surface area contributed by atoms with Crippen molar-refractivity contribution in [2.45, 2.75) is 40.2 Å². The van der Waals surface area contributed by atoms with Crippen molar-refractivity contribution in [2.24, 2.45) is 5.92 Å². The Balaban J connectivity index is 1.88. The molecule has 1 aromatic carbocycles. The Morgan fingerprint density at radius 3 is 2.62 bits per heavy atom. The van der Waals surface area contributed by atoms with E-state index < -0.39 is 17.2 Å². The van der Waals surface area contributed by atoms with Crippen LogP contribution < -0.4 is 16.6 Å². The number of pyridine rings is 2. The van der Waals surface area contributed by atoms with Gasteiger partial charge in [0.1, 0.15) is 0 Å². The number of hydrogen-bond acceptors (Lipinski definition) is 5. The van der Waals surface area contributed by atoms with E-state index in [1.54, 1.807) is 18.3 Å². The summed E-state index contributed by atoms with van der Waals surface area (Å²) in [5, 5.41) is 3.87. The number of carbonyl (C=O) groups excluding carboxylic acids is 1. The summed E-state index contributed by atoms with van der Waals surface area (Å²) in [5.41, 5.74) is 1.29. The number of benzene rings is 1. The molecule has 0 saturated heterocycles. The van der Waals surface area contributed by atoms with Crippen LogP contribution in [0, 0.1) is 5.92 Å². The minimum absolute atomic E-state index is 0.000386. The molecule has 0 aliphatic rings. The molecule has 3 aromatic heterocycles. The van der Waals surface area contributed by atoms with Crippen LogP contribution in [0.1, 0.15) is 49.7 Å². The second-order valence-corrected chi connectivity index (χ2v) is 8.58. The van der Waals surface area contributed by atoms with Gasteiger partial charge in [-0.2, -0.15) is 0 Å². The normalized spacial score (nSPS) is 11.6. The lowest BCUT2D eigenvalue weighted by atomic mass is 10.0. The lowest BCUT2D eigenvalue weighted by Crippen LogP contribution is -2.33. The third-order valence-corrected chi connectivity index (χ3v) is 5.21. The average Bonchev–Trinajstić information content (AvgIpc) is 2.75. The Hall–Kier alpha value is -3.81. The number of fused-ring (bicyclic) bond motifs is 2. The molecule has 4 rings (SSSR count). The standard InChI is InChI=1S/C24H25N5O3/c1-13(2)12-29-21-20(23(31)28-24(29)32)17(11-19(27-21)14(3)4)22(30)26-16-7-8-18-15(10-16)6-5-9-25-18/h5-11,13-14H,12H2,1-4H3,(H,26,30)(H,28,31,32). The molecule has 8 nitrogen and oxygen atoms in total. The van der Waals surface area contributed by atoms with Crippen molar-refractivity contribution in [3.05, 3.63) is 74.7 Å². The SMILES string of the molecule is CC(C)Cn1c(=O)[nH]c(=O)c2c(C(=O)Nc3ccc4ncccc4c3)cc(C(C)C)nc21. The van der Waals surface area contributed by atoms with E-state index in [0.717, 1.165) is 10.9 Å². The largest absolute Gasteiger partial charge is 0.330 e.